The molecule has 0 radical (unpaired) electrons. The lowest BCUT2D eigenvalue weighted by atomic mass is 9.98. The van der Waals surface area contributed by atoms with Gasteiger partial charge in [-0.3, -0.25) is 5.10 Å². The van der Waals surface area contributed by atoms with Gasteiger partial charge in [0.2, 0.25) is 0 Å². The summed E-state index contributed by atoms with van der Waals surface area (Å²) in [6.07, 6.45) is 0.492. The minimum atomic E-state index is -3.42. The Bertz CT molecular complexity index is 996. The zero-order valence-corrected chi connectivity index (χ0v) is 16.3. The number of hydrogen-bond donors (Lipinski definition) is 1. The maximum Gasteiger partial charge on any atom is 0.178 e. The second kappa shape index (κ2) is 7.78. The lowest BCUT2D eigenvalue weighted by molar-refractivity contribution is 0.586. The molecule has 4 nitrogen and oxygen atoms in total. The molecule has 8 heteroatoms. The molecule has 0 spiro atoms. The van der Waals surface area contributed by atoms with E-state index >= 15 is 0 Å². The Hall–Kier alpha value is -1.54. The molecule has 1 N–H and O–H groups in total. The van der Waals surface area contributed by atoms with Crippen molar-refractivity contribution < 1.29 is 8.42 Å². The fraction of sp³-hybridized carbons (Fsp3) is 0.176. The first-order chi connectivity index (χ1) is 11.9. The third-order valence-corrected chi connectivity index (χ3v) is 6.96. The van der Waals surface area contributed by atoms with Gasteiger partial charge in [0.1, 0.15) is 5.01 Å². The van der Waals surface area contributed by atoms with Crippen molar-refractivity contribution in [1.29, 1.82) is 0 Å². The molecule has 3 rings (SSSR count). The maximum atomic E-state index is 12.8. The number of aromatic nitrogens is 2. The van der Waals surface area contributed by atoms with Crippen LogP contribution in [0.5, 0.6) is 0 Å². The highest BCUT2D eigenvalue weighted by atomic mass is 35.5. The Labute approximate surface area is 160 Å². The fourth-order valence-electron chi connectivity index (χ4n) is 2.56. The molecule has 1 atom stereocenters. The molecule has 0 aliphatic rings. The van der Waals surface area contributed by atoms with E-state index in [9.17, 15) is 8.42 Å². The number of sulfone groups is 1. The van der Waals surface area contributed by atoms with Crippen molar-refractivity contribution in [3.05, 3.63) is 74.1 Å². The van der Waals surface area contributed by atoms with Gasteiger partial charge in [0.05, 0.1) is 10.6 Å². The lowest BCUT2D eigenvalue weighted by Crippen LogP contribution is -2.17. The topological polar surface area (TPSA) is 62.8 Å². The van der Waals surface area contributed by atoms with Crippen LogP contribution in [0, 0.1) is 3.95 Å². The Balaban J connectivity index is 1.93. The Morgan fingerprint density at radius 1 is 1.12 bits per heavy atom. The molecule has 1 unspecified atom stereocenters. The minimum absolute atomic E-state index is 0.00894. The maximum absolute atomic E-state index is 12.8. The molecule has 0 fully saturated rings. The Kier molecular flexibility index (Phi) is 5.68. The molecule has 0 aliphatic heterocycles. The summed E-state index contributed by atoms with van der Waals surface area (Å²) >= 11 is 12.4. The first-order valence-electron chi connectivity index (χ1n) is 7.52. The molecule has 25 heavy (non-hydrogen) atoms. The summed E-state index contributed by atoms with van der Waals surface area (Å²) in [4.78, 5) is 0.323. The van der Waals surface area contributed by atoms with E-state index < -0.39 is 9.84 Å². The van der Waals surface area contributed by atoms with Gasteiger partial charge in [-0.15, -0.1) is 0 Å². The number of nitrogens with one attached hydrogen (secondary N) is 1. The first-order valence-corrected chi connectivity index (χ1v) is 10.8. The summed E-state index contributed by atoms with van der Waals surface area (Å²) in [5, 5.41) is 8.31. The number of rotatable bonds is 6. The Morgan fingerprint density at radius 2 is 1.80 bits per heavy atom. The van der Waals surface area contributed by atoms with Crippen LogP contribution in [0.2, 0.25) is 5.02 Å². The van der Waals surface area contributed by atoms with Gasteiger partial charge < -0.3 is 0 Å². The summed E-state index contributed by atoms with van der Waals surface area (Å²) in [7, 11) is -3.42. The van der Waals surface area contributed by atoms with Crippen molar-refractivity contribution in [2.24, 2.45) is 0 Å². The largest absolute Gasteiger partial charge is 0.258 e. The molecule has 0 saturated heterocycles. The number of aromatic amines is 1. The van der Waals surface area contributed by atoms with Crippen LogP contribution in [-0.2, 0) is 16.3 Å². The van der Waals surface area contributed by atoms with Gasteiger partial charge in [-0.05, 0) is 42.0 Å². The number of H-pyrrole nitrogens is 1. The van der Waals surface area contributed by atoms with Crippen LogP contribution in [-0.4, -0.2) is 24.4 Å². The van der Waals surface area contributed by atoms with Crippen LogP contribution in [0.3, 0.4) is 0 Å². The zero-order chi connectivity index (χ0) is 17.9. The van der Waals surface area contributed by atoms with Gasteiger partial charge >= 0.3 is 0 Å². The molecule has 2 aromatic carbocycles. The van der Waals surface area contributed by atoms with Crippen molar-refractivity contribution >= 4 is 45.0 Å². The minimum Gasteiger partial charge on any atom is -0.258 e. The number of nitrogens with zero attached hydrogens (tertiary/aromatic N) is 1. The van der Waals surface area contributed by atoms with Gasteiger partial charge in [-0.1, -0.05) is 53.3 Å². The zero-order valence-electron chi connectivity index (χ0n) is 13.1. The summed E-state index contributed by atoms with van der Waals surface area (Å²) in [6, 6.07) is 15.7. The van der Waals surface area contributed by atoms with Gasteiger partial charge in [0, 0.05) is 17.4 Å². The van der Waals surface area contributed by atoms with Crippen molar-refractivity contribution in [2.75, 3.05) is 5.75 Å². The van der Waals surface area contributed by atoms with E-state index in [2.05, 4.69) is 10.2 Å². The smallest absolute Gasteiger partial charge is 0.178 e. The van der Waals surface area contributed by atoms with Crippen LogP contribution in [0.1, 0.15) is 16.5 Å². The van der Waals surface area contributed by atoms with Crippen LogP contribution in [0.25, 0.3) is 0 Å². The van der Waals surface area contributed by atoms with Crippen LogP contribution in [0.4, 0.5) is 0 Å². The highest BCUT2D eigenvalue weighted by Gasteiger charge is 2.24. The van der Waals surface area contributed by atoms with E-state index in [-0.39, 0.29) is 11.7 Å². The molecule has 0 aliphatic carbocycles. The van der Waals surface area contributed by atoms with Gasteiger partial charge in [-0.25, -0.2) is 8.42 Å². The number of hydrogen-bond acceptors (Lipinski definition) is 5. The summed E-state index contributed by atoms with van der Waals surface area (Å²) in [5.74, 6) is -0.248. The first kappa shape index (κ1) is 18.3. The number of benzene rings is 2. The molecule has 0 amide bonds. The molecule has 130 valence electrons. The predicted octanol–water partition coefficient (Wildman–Crippen LogP) is 4.65. The summed E-state index contributed by atoms with van der Waals surface area (Å²) in [5.41, 5.74) is 0.907. The molecule has 0 saturated carbocycles. The molecule has 0 bridgehead atoms. The molecule has 1 heterocycles. The number of halogens is 1. The summed E-state index contributed by atoms with van der Waals surface area (Å²) in [6.45, 7) is 0. The molecule has 1 aromatic heterocycles. The van der Waals surface area contributed by atoms with E-state index in [1.165, 1.54) is 11.3 Å². The average molecular weight is 411 g/mol. The highest BCUT2D eigenvalue weighted by Crippen LogP contribution is 2.27. The highest BCUT2D eigenvalue weighted by molar-refractivity contribution is 7.91. The SMILES string of the molecule is O=S(=O)(CC(Cc1n[nH]c(=S)s1)c1ccc(Cl)cc1)c1ccccc1. The summed E-state index contributed by atoms with van der Waals surface area (Å²) < 4.78 is 26.2. The van der Waals surface area contributed by atoms with Crippen LogP contribution >= 0.6 is 35.2 Å². The standard InChI is InChI=1S/C17H15ClN2O2S3/c18-14-8-6-12(7-9-14)13(10-16-19-20-17(23)24-16)11-25(21,22)15-4-2-1-3-5-15/h1-9,13H,10-11H2,(H,20,23). The second-order valence-corrected chi connectivity index (χ2v) is 9.77. The third-order valence-electron chi connectivity index (χ3n) is 3.77. The molecular formula is C17H15ClN2O2S3. The monoisotopic (exact) mass is 410 g/mol. The van der Waals surface area contributed by atoms with E-state index in [1.807, 2.05) is 12.1 Å². The molecular weight excluding hydrogens is 396 g/mol. The van der Waals surface area contributed by atoms with E-state index in [0.717, 1.165) is 10.6 Å². The Morgan fingerprint density at radius 3 is 2.40 bits per heavy atom. The average Bonchev–Trinajstić information content (AvgIpc) is 3.00. The van der Waals surface area contributed by atoms with Crippen molar-refractivity contribution in [3.8, 4) is 0 Å². The van der Waals surface area contributed by atoms with Gasteiger partial charge in [-0.2, -0.15) is 5.10 Å². The van der Waals surface area contributed by atoms with Crippen molar-refractivity contribution in [1.82, 2.24) is 10.2 Å². The quantitative estimate of drug-likeness (QED) is 0.600. The molecule has 3 aromatic rings. The predicted molar refractivity (Wildman–Crippen MR) is 104 cm³/mol. The van der Waals surface area contributed by atoms with Gasteiger partial charge in [0.15, 0.2) is 13.8 Å². The van der Waals surface area contributed by atoms with E-state index in [1.54, 1.807) is 42.5 Å². The fourth-order valence-corrected chi connectivity index (χ4v) is 5.30. The van der Waals surface area contributed by atoms with Crippen molar-refractivity contribution in [2.45, 2.75) is 17.2 Å². The van der Waals surface area contributed by atoms with Crippen LogP contribution < -0.4 is 0 Å². The van der Waals surface area contributed by atoms with Crippen molar-refractivity contribution in [3.63, 3.8) is 0 Å². The van der Waals surface area contributed by atoms with Crippen LogP contribution in [0.15, 0.2) is 59.5 Å². The second-order valence-electron chi connectivity index (χ2n) is 5.55. The lowest BCUT2D eigenvalue weighted by Gasteiger charge is -2.16. The normalized spacial score (nSPS) is 12.8. The van der Waals surface area contributed by atoms with E-state index in [4.69, 9.17) is 23.8 Å². The van der Waals surface area contributed by atoms with E-state index in [0.29, 0.717) is 20.3 Å². The van der Waals surface area contributed by atoms with Gasteiger partial charge in [0.25, 0.3) is 0 Å². The third kappa shape index (κ3) is 4.76.